The van der Waals surface area contributed by atoms with Crippen molar-refractivity contribution in [3.63, 3.8) is 0 Å². The normalized spacial score (nSPS) is 17.4. The highest BCUT2D eigenvalue weighted by atomic mass is 127. The number of thiazole rings is 1. The Morgan fingerprint density at radius 1 is 1.33 bits per heavy atom. The van der Waals surface area contributed by atoms with Crippen LogP contribution in [-0.4, -0.2) is 48.8 Å². The second kappa shape index (κ2) is 11.1. The summed E-state index contributed by atoms with van der Waals surface area (Å²) >= 11 is 0.959. The van der Waals surface area contributed by atoms with Crippen LogP contribution in [0.15, 0.2) is 28.7 Å². The van der Waals surface area contributed by atoms with Crippen molar-refractivity contribution >= 4 is 47.1 Å². The maximum absolute atomic E-state index is 12.6. The van der Waals surface area contributed by atoms with Crippen molar-refractivity contribution in [2.45, 2.75) is 32.3 Å². The molecular formula is C18H24F3IN6OS. The van der Waals surface area contributed by atoms with E-state index in [0.717, 1.165) is 41.2 Å². The summed E-state index contributed by atoms with van der Waals surface area (Å²) in [6, 6.07) is 3.96. The third-order valence-corrected chi connectivity index (χ3v) is 5.16. The third kappa shape index (κ3) is 6.94. The average Bonchev–Trinajstić information content (AvgIpc) is 3.18. The topological polar surface area (TPSA) is 74.7 Å². The first-order valence-electron chi connectivity index (χ1n) is 9.12. The summed E-state index contributed by atoms with van der Waals surface area (Å²) in [5.41, 5.74) is 0.0923. The number of morpholine rings is 1. The van der Waals surface area contributed by atoms with Crippen LogP contribution in [0.3, 0.4) is 0 Å². The van der Waals surface area contributed by atoms with Crippen LogP contribution in [0, 0.1) is 0 Å². The number of aromatic nitrogens is 2. The molecule has 1 fully saturated rings. The number of anilines is 1. The molecule has 0 radical (unpaired) electrons. The van der Waals surface area contributed by atoms with Gasteiger partial charge in [-0.05, 0) is 18.6 Å². The Balaban J connectivity index is 0.00000320. The molecule has 1 aliphatic heterocycles. The zero-order valence-corrected chi connectivity index (χ0v) is 19.7. The number of hydrogen-bond donors (Lipinski definition) is 2. The van der Waals surface area contributed by atoms with E-state index in [1.807, 2.05) is 19.1 Å². The number of pyridine rings is 1. The molecule has 0 aliphatic carbocycles. The molecule has 1 saturated heterocycles. The third-order valence-electron chi connectivity index (χ3n) is 4.31. The lowest BCUT2D eigenvalue weighted by atomic mass is 10.2. The largest absolute Gasteiger partial charge is 0.434 e. The number of alkyl halides is 3. The Kier molecular flexibility index (Phi) is 9.09. The molecule has 2 N–H and O–H groups in total. The molecule has 0 bridgehead atoms. The van der Waals surface area contributed by atoms with E-state index in [1.165, 1.54) is 0 Å². The average molecular weight is 556 g/mol. The van der Waals surface area contributed by atoms with Crippen molar-refractivity contribution in [2.24, 2.45) is 4.99 Å². The quantitative estimate of drug-likeness (QED) is 0.335. The molecule has 1 unspecified atom stereocenters. The van der Waals surface area contributed by atoms with Gasteiger partial charge in [0.25, 0.3) is 0 Å². The number of nitrogens with zero attached hydrogens (tertiary/aromatic N) is 4. The number of halogens is 4. The molecule has 1 atom stereocenters. The lowest BCUT2D eigenvalue weighted by Gasteiger charge is -2.32. The van der Waals surface area contributed by atoms with Crippen molar-refractivity contribution < 1.29 is 17.9 Å². The molecule has 0 saturated carbocycles. The van der Waals surface area contributed by atoms with Crippen molar-refractivity contribution in [3.8, 4) is 0 Å². The molecule has 7 nitrogen and oxygen atoms in total. The predicted octanol–water partition coefficient (Wildman–Crippen LogP) is 3.27. The summed E-state index contributed by atoms with van der Waals surface area (Å²) in [7, 11) is 1.60. The van der Waals surface area contributed by atoms with E-state index in [4.69, 9.17) is 4.74 Å². The number of ether oxygens (including phenoxy) is 1. The molecule has 0 spiro atoms. The monoisotopic (exact) mass is 556 g/mol. The summed E-state index contributed by atoms with van der Waals surface area (Å²) in [6.07, 6.45) is -2.44. The second-order valence-corrected chi connectivity index (χ2v) is 7.50. The van der Waals surface area contributed by atoms with Gasteiger partial charge >= 0.3 is 6.18 Å². The Morgan fingerprint density at radius 2 is 2.10 bits per heavy atom. The number of rotatable bonds is 5. The number of guanidine groups is 1. The van der Waals surface area contributed by atoms with E-state index in [-0.39, 0.29) is 36.6 Å². The summed E-state index contributed by atoms with van der Waals surface area (Å²) in [6.45, 7) is 5.01. The Labute approximate surface area is 194 Å². The summed E-state index contributed by atoms with van der Waals surface area (Å²) in [5.74, 6) is 1.38. The Morgan fingerprint density at radius 3 is 2.70 bits per heavy atom. The minimum Gasteiger partial charge on any atom is -0.375 e. The first kappa shape index (κ1) is 24.6. The van der Waals surface area contributed by atoms with Crippen LogP contribution in [0.2, 0.25) is 0 Å². The molecule has 30 heavy (non-hydrogen) atoms. The zero-order chi connectivity index (χ0) is 20.9. The van der Waals surface area contributed by atoms with Gasteiger partial charge in [-0.1, -0.05) is 6.07 Å². The summed E-state index contributed by atoms with van der Waals surface area (Å²) < 4.78 is 43.4. The Bertz CT molecular complexity index is 830. The molecule has 3 heterocycles. The first-order valence-corrected chi connectivity index (χ1v) is 10.0. The second-order valence-electron chi connectivity index (χ2n) is 6.56. The summed E-state index contributed by atoms with van der Waals surface area (Å²) in [4.78, 5) is 14.4. The maximum atomic E-state index is 12.6. The van der Waals surface area contributed by atoms with E-state index in [2.05, 4.69) is 30.5 Å². The molecule has 0 amide bonds. The molecule has 166 valence electrons. The number of aliphatic imine (C=N–C) groups is 1. The highest BCUT2D eigenvalue weighted by molar-refractivity contribution is 14.0. The highest BCUT2D eigenvalue weighted by Gasteiger charge is 2.33. The number of hydrogen-bond acceptors (Lipinski definition) is 6. The van der Waals surface area contributed by atoms with Gasteiger partial charge in [0, 0.05) is 38.3 Å². The lowest BCUT2D eigenvalue weighted by molar-refractivity contribution is -0.140. The van der Waals surface area contributed by atoms with Crippen LogP contribution < -0.4 is 15.5 Å². The predicted molar refractivity (Wildman–Crippen MR) is 121 cm³/mol. The van der Waals surface area contributed by atoms with Gasteiger partial charge in [0.1, 0.15) is 10.8 Å². The van der Waals surface area contributed by atoms with Crippen LogP contribution in [0.25, 0.3) is 0 Å². The van der Waals surface area contributed by atoms with Crippen molar-refractivity contribution in [2.75, 3.05) is 31.6 Å². The van der Waals surface area contributed by atoms with Gasteiger partial charge in [-0.25, -0.2) is 9.97 Å². The van der Waals surface area contributed by atoms with E-state index >= 15 is 0 Å². The fraction of sp³-hybridized carbons (Fsp3) is 0.500. The molecule has 2 aromatic rings. The molecule has 1 aliphatic rings. The van der Waals surface area contributed by atoms with Gasteiger partial charge in [0.2, 0.25) is 0 Å². The molecule has 12 heteroatoms. The molecule has 2 aromatic heterocycles. The van der Waals surface area contributed by atoms with Crippen molar-refractivity contribution in [3.05, 3.63) is 40.0 Å². The first-order chi connectivity index (χ1) is 13.8. The van der Waals surface area contributed by atoms with Gasteiger partial charge in [-0.15, -0.1) is 35.3 Å². The summed E-state index contributed by atoms with van der Waals surface area (Å²) in [5, 5.41) is 7.43. The molecule has 3 rings (SSSR count). The van der Waals surface area contributed by atoms with E-state index in [9.17, 15) is 13.2 Å². The van der Waals surface area contributed by atoms with E-state index < -0.39 is 11.9 Å². The number of nitrogens with one attached hydrogen (secondary N) is 2. The Hall–Kier alpha value is -1.67. The minimum atomic E-state index is -4.42. The van der Waals surface area contributed by atoms with E-state index in [0.29, 0.717) is 24.1 Å². The van der Waals surface area contributed by atoms with E-state index in [1.54, 1.807) is 13.2 Å². The van der Waals surface area contributed by atoms with Crippen molar-refractivity contribution in [1.29, 1.82) is 0 Å². The lowest BCUT2D eigenvalue weighted by Crippen LogP contribution is -2.41. The minimum absolute atomic E-state index is 0. The SMILES string of the molecule is CN=C(NCc1ccc(N2CCOC(C)C2)nc1)NCc1nc(C(F)(F)F)cs1.I. The van der Waals surface area contributed by atoms with Crippen LogP contribution >= 0.6 is 35.3 Å². The van der Waals surface area contributed by atoms with Gasteiger partial charge in [-0.2, -0.15) is 13.2 Å². The van der Waals surface area contributed by atoms with Gasteiger partial charge in [0.05, 0.1) is 19.3 Å². The van der Waals surface area contributed by atoms with Gasteiger partial charge in [-0.3, -0.25) is 4.99 Å². The molecule has 0 aromatic carbocycles. The van der Waals surface area contributed by atoms with Crippen molar-refractivity contribution in [1.82, 2.24) is 20.6 Å². The fourth-order valence-corrected chi connectivity index (χ4v) is 3.56. The van der Waals surface area contributed by atoms with Gasteiger partial charge < -0.3 is 20.3 Å². The molecular weight excluding hydrogens is 532 g/mol. The smallest absolute Gasteiger partial charge is 0.375 e. The maximum Gasteiger partial charge on any atom is 0.434 e. The van der Waals surface area contributed by atoms with Crippen LogP contribution in [0.5, 0.6) is 0 Å². The fourth-order valence-electron chi connectivity index (χ4n) is 2.82. The van der Waals surface area contributed by atoms with Gasteiger partial charge in [0.15, 0.2) is 11.7 Å². The highest BCUT2D eigenvalue weighted by Crippen LogP contribution is 2.29. The standard InChI is InChI=1S/C18H23F3N6OS.HI/c1-12-10-27(5-6-28-12)15-4-3-13(7-23-15)8-24-17(22-2)25-9-16-26-14(11-29-16)18(19,20)21;/h3-4,7,11-12H,5-6,8-10H2,1-2H3,(H2,22,24,25);1H. The van der Waals surface area contributed by atoms with Crippen LogP contribution in [0.1, 0.15) is 23.2 Å². The zero-order valence-electron chi connectivity index (χ0n) is 16.6. The van der Waals surface area contributed by atoms with Crippen LogP contribution in [0.4, 0.5) is 19.0 Å². The van der Waals surface area contributed by atoms with Crippen LogP contribution in [-0.2, 0) is 24.0 Å².